The van der Waals surface area contributed by atoms with Crippen molar-refractivity contribution in [2.24, 2.45) is 0 Å². The van der Waals surface area contributed by atoms with E-state index in [0.29, 0.717) is 26.3 Å². The van der Waals surface area contributed by atoms with E-state index in [2.05, 4.69) is 5.32 Å². The molecule has 0 saturated carbocycles. The van der Waals surface area contributed by atoms with Crippen LogP contribution in [0.15, 0.2) is 0 Å². The number of aromatic hydroxyl groups is 6. The van der Waals surface area contributed by atoms with Crippen LogP contribution in [0.4, 0.5) is 10.1 Å². The van der Waals surface area contributed by atoms with Gasteiger partial charge in [0.15, 0.2) is 40.9 Å². The summed E-state index contributed by atoms with van der Waals surface area (Å²) in [6.45, 7) is -0.519. The molecule has 11 N–H and O–H groups in total. The minimum Gasteiger partial charge on any atom is -0.504 e. The van der Waals surface area contributed by atoms with Gasteiger partial charge < -0.3 is 66.2 Å². The highest BCUT2D eigenvalue weighted by Gasteiger charge is 2.64. The Bertz CT molecular complexity index is 1570. The van der Waals surface area contributed by atoms with Gasteiger partial charge >= 0.3 is 0 Å². The quantitative estimate of drug-likeness (QED) is 0.0399. The molecule has 17 nitrogen and oxygen atoms in total. The van der Waals surface area contributed by atoms with E-state index >= 15 is 4.39 Å². The van der Waals surface area contributed by atoms with Gasteiger partial charge in [-0.05, 0) is 0 Å². The Balaban J connectivity index is 1.77. The van der Waals surface area contributed by atoms with E-state index in [4.69, 9.17) is 20.4 Å². The van der Waals surface area contributed by atoms with Gasteiger partial charge in [0, 0.05) is 45.3 Å². The van der Waals surface area contributed by atoms with E-state index in [1.807, 2.05) is 5.32 Å². The molecule has 20 heteroatoms. The summed E-state index contributed by atoms with van der Waals surface area (Å²) in [5.74, 6) is -15.0. The molecule has 2 unspecified atom stereocenters. The fraction of sp³-hybridized carbons (Fsp3) is 0.423. The number of hydrogen-bond acceptors (Lipinski definition) is 15. The molecule has 0 aliphatic carbocycles. The number of likely N-dealkylation sites (N-methyl/N-ethyl adjacent to an activating group) is 1. The van der Waals surface area contributed by atoms with Crippen molar-refractivity contribution in [2.45, 2.75) is 36.4 Å². The number of anilines is 1. The first-order valence-corrected chi connectivity index (χ1v) is 13.4. The van der Waals surface area contributed by atoms with E-state index in [1.54, 1.807) is 4.90 Å². The standard InChI is InChI=1S/C26H29B2FN4O13/c1-30-23(42)25(27,26(28,45)24(43,44)9-34)33-8-11-13(22(33)41)19(38)21(40)20(39)15(11)31-6-10-14(29)16(35)12(18(37)17(10)36)7-32-2-4-46-5-3-32/h9,31,35-40,43-45H,2-8H2,1H3,(H,30,42). The van der Waals surface area contributed by atoms with Crippen molar-refractivity contribution < 1.29 is 69.5 Å². The largest absolute Gasteiger partial charge is 0.504 e. The number of aliphatic hydroxyl groups is 3. The van der Waals surface area contributed by atoms with Gasteiger partial charge in [-0.2, -0.15) is 0 Å². The Labute approximate surface area is 261 Å². The van der Waals surface area contributed by atoms with Gasteiger partial charge in [-0.1, -0.05) is 0 Å². The SMILES string of the molecule is [B]C(C(=O)NC)(N1Cc2c(NCc3c(O)c(O)c(CN4CCOCC4)c(O)c3F)c(O)c(O)c(O)c2C1=O)C([B])(O)C(O)(O)C=O. The van der Waals surface area contributed by atoms with E-state index in [0.717, 1.165) is 7.05 Å². The Kier molecular flexibility index (Phi) is 8.99. The maximum absolute atomic E-state index is 15.4. The maximum atomic E-state index is 15.4. The number of rotatable bonds is 10. The predicted octanol–water partition coefficient (Wildman–Crippen LogP) is -3.19. The third-order valence-corrected chi connectivity index (χ3v) is 8.09. The van der Waals surface area contributed by atoms with Crippen molar-refractivity contribution in [3.8, 4) is 34.5 Å². The van der Waals surface area contributed by atoms with E-state index in [1.165, 1.54) is 0 Å². The van der Waals surface area contributed by atoms with Crippen LogP contribution in [-0.4, -0.2) is 140 Å². The van der Waals surface area contributed by atoms with Crippen molar-refractivity contribution in [2.75, 3.05) is 38.7 Å². The number of hydrogen-bond donors (Lipinski definition) is 11. The van der Waals surface area contributed by atoms with Crippen LogP contribution in [0.1, 0.15) is 27.0 Å². The van der Waals surface area contributed by atoms with Crippen molar-refractivity contribution in [3.63, 3.8) is 0 Å². The molecule has 1 saturated heterocycles. The maximum Gasteiger partial charge on any atom is 0.258 e. The molecule has 2 heterocycles. The number of nitrogens with one attached hydrogen (secondary N) is 2. The molecule has 4 radical (unpaired) electrons. The summed E-state index contributed by atoms with van der Waals surface area (Å²) in [5, 5.41) is 98.7. The molecular formula is C26H29B2FN4O13. The number of carbonyl (C=O) groups excluding carboxylic acids is 3. The van der Waals surface area contributed by atoms with Gasteiger partial charge in [-0.15, -0.1) is 0 Å². The zero-order valence-corrected chi connectivity index (χ0v) is 24.1. The zero-order chi connectivity index (χ0) is 34.5. The lowest BCUT2D eigenvalue weighted by molar-refractivity contribution is -0.240. The fourth-order valence-electron chi connectivity index (χ4n) is 5.30. The molecule has 2 aliphatic heterocycles. The molecule has 2 amide bonds. The monoisotopic (exact) mass is 646 g/mol. The van der Waals surface area contributed by atoms with Crippen LogP contribution >= 0.6 is 0 Å². The third kappa shape index (κ3) is 5.07. The summed E-state index contributed by atoms with van der Waals surface area (Å²) in [4.78, 5) is 39.7. The summed E-state index contributed by atoms with van der Waals surface area (Å²) in [7, 11) is 12.6. The molecule has 0 aromatic heterocycles. The van der Waals surface area contributed by atoms with Gasteiger partial charge in [0.1, 0.15) is 26.6 Å². The molecule has 0 bridgehead atoms. The second-order valence-corrected chi connectivity index (χ2v) is 10.7. The molecule has 1 fully saturated rings. The van der Waals surface area contributed by atoms with Crippen LogP contribution < -0.4 is 10.6 Å². The molecule has 2 aromatic carbocycles. The molecular weight excluding hydrogens is 617 g/mol. The minimum atomic E-state index is -3.95. The highest BCUT2D eigenvalue weighted by molar-refractivity contribution is 6.38. The highest BCUT2D eigenvalue weighted by Crippen LogP contribution is 2.52. The molecule has 0 spiro atoms. The van der Waals surface area contributed by atoms with E-state index in [9.17, 15) is 60.3 Å². The molecule has 2 aliphatic rings. The van der Waals surface area contributed by atoms with Crippen molar-refractivity contribution in [1.82, 2.24) is 15.1 Å². The number of fused-ring (bicyclic) bond motifs is 1. The van der Waals surface area contributed by atoms with Crippen LogP contribution in [-0.2, 0) is 34.0 Å². The minimum absolute atomic E-state index is 0.149. The number of halogens is 1. The number of phenols is 6. The van der Waals surface area contributed by atoms with Crippen LogP contribution in [0.5, 0.6) is 34.5 Å². The Morgan fingerprint density at radius 1 is 0.957 bits per heavy atom. The van der Waals surface area contributed by atoms with Crippen LogP contribution in [0, 0.1) is 5.82 Å². The first kappa shape index (κ1) is 34.4. The summed E-state index contributed by atoms with van der Waals surface area (Å²) in [6, 6.07) is 0. The number of morpholine rings is 1. The lowest BCUT2D eigenvalue weighted by Gasteiger charge is -2.51. The second-order valence-electron chi connectivity index (χ2n) is 10.7. The average Bonchev–Trinajstić information content (AvgIpc) is 3.38. The number of amides is 2. The topological polar surface area (TPSA) is 273 Å². The van der Waals surface area contributed by atoms with Crippen molar-refractivity contribution >= 4 is 39.5 Å². The Morgan fingerprint density at radius 2 is 1.54 bits per heavy atom. The van der Waals surface area contributed by atoms with Crippen LogP contribution in [0.2, 0.25) is 0 Å². The summed E-state index contributed by atoms with van der Waals surface area (Å²) < 4.78 is 20.6. The number of benzene rings is 2. The second kappa shape index (κ2) is 12.0. The summed E-state index contributed by atoms with van der Waals surface area (Å²) in [5.41, 5.74) is -10.3. The number of ether oxygens (including phenoxy) is 1. The molecule has 4 rings (SSSR count). The molecule has 244 valence electrons. The lowest BCUT2D eigenvalue weighted by atomic mass is 9.51. The van der Waals surface area contributed by atoms with Gasteiger partial charge in [0.2, 0.25) is 17.4 Å². The summed E-state index contributed by atoms with van der Waals surface area (Å²) >= 11 is 0. The molecule has 2 atom stereocenters. The first-order valence-electron chi connectivity index (χ1n) is 13.4. The Hall–Kier alpha value is -4.49. The highest BCUT2D eigenvalue weighted by atomic mass is 19.1. The van der Waals surface area contributed by atoms with Crippen molar-refractivity contribution in [1.29, 1.82) is 0 Å². The van der Waals surface area contributed by atoms with Crippen molar-refractivity contribution in [3.05, 3.63) is 28.1 Å². The number of nitrogens with zero attached hydrogens (tertiary/aromatic N) is 2. The molecule has 2 aromatic rings. The van der Waals surface area contributed by atoms with E-state index in [-0.39, 0.29) is 17.0 Å². The number of phenolic OH excluding ortho intramolecular Hbond substituents is 6. The zero-order valence-electron chi connectivity index (χ0n) is 24.1. The number of aldehydes is 1. The van der Waals surface area contributed by atoms with Gasteiger partial charge in [-0.25, -0.2) is 4.39 Å². The first-order chi connectivity index (χ1) is 21.4. The average molecular weight is 646 g/mol. The molecule has 46 heavy (non-hydrogen) atoms. The van der Waals surface area contributed by atoms with Gasteiger partial charge in [0.25, 0.3) is 5.91 Å². The normalized spacial score (nSPS) is 18.0. The smallest absolute Gasteiger partial charge is 0.258 e. The van der Waals surface area contributed by atoms with E-state index < -0.39 is 111 Å². The lowest BCUT2D eigenvalue weighted by Crippen LogP contribution is -2.79. The van der Waals surface area contributed by atoms with Gasteiger partial charge in [-0.3, -0.25) is 19.3 Å². The Morgan fingerprint density at radius 3 is 2.11 bits per heavy atom. The van der Waals surface area contributed by atoms with Crippen LogP contribution in [0.3, 0.4) is 0 Å². The third-order valence-electron chi connectivity index (χ3n) is 8.09. The van der Waals surface area contributed by atoms with Gasteiger partial charge in [0.05, 0.1) is 35.6 Å². The summed E-state index contributed by atoms with van der Waals surface area (Å²) in [6.07, 6.45) is -0.675. The fourth-order valence-corrected chi connectivity index (χ4v) is 5.30. The number of carbonyl (C=O) groups is 3. The predicted molar refractivity (Wildman–Crippen MR) is 153 cm³/mol. The van der Waals surface area contributed by atoms with Crippen LogP contribution in [0.25, 0.3) is 0 Å².